The standard InChI is InChI=1S/C31H37N5O6/c1-19-5-10-23(11-6-19)29-20(2)7-14-26(31(39)40-4)36(29)30(38)24-12-8-22(9-13-24)15-32-42-21(3)25-16-35(34-33-25)27-17-41-18-28(27)37/h5-6,8-13,15-16,20-21,26-29,37H,7,14,17-18H2,1-4H3/t20-,21+,26-,27+,28-,29-/m0/s1. The normalized spacial score (nSPS) is 25.0. The van der Waals surface area contributed by atoms with E-state index in [1.807, 2.05) is 31.2 Å². The Bertz CT molecular complexity index is 1410. The number of hydrogen-bond donors (Lipinski definition) is 1. The zero-order chi connectivity index (χ0) is 29.8. The smallest absolute Gasteiger partial charge is 0.328 e. The lowest BCUT2D eigenvalue weighted by Crippen LogP contribution is -2.52. The number of aromatic nitrogens is 3. The molecule has 2 saturated heterocycles. The zero-order valence-electron chi connectivity index (χ0n) is 24.3. The molecule has 1 amide bonds. The van der Waals surface area contributed by atoms with Crippen molar-refractivity contribution in [3.63, 3.8) is 0 Å². The van der Waals surface area contributed by atoms with E-state index in [4.69, 9.17) is 14.3 Å². The number of benzene rings is 2. The molecule has 11 nitrogen and oxygen atoms in total. The maximum atomic E-state index is 13.9. The summed E-state index contributed by atoms with van der Waals surface area (Å²) in [5.41, 5.74) is 3.91. The van der Waals surface area contributed by atoms with Crippen molar-refractivity contribution >= 4 is 18.1 Å². The van der Waals surface area contributed by atoms with E-state index in [2.05, 4.69) is 22.4 Å². The van der Waals surface area contributed by atoms with Gasteiger partial charge in [-0.05, 0) is 55.9 Å². The van der Waals surface area contributed by atoms with Crippen LogP contribution >= 0.6 is 0 Å². The predicted molar refractivity (Wildman–Crippen MR) is 154 cm³/mol. The molecule has 0 saturated carbocycles. The highest BCUT2D eigenvalue weighted by Gasteiger charge is 2.43. The Labute approximate surface area is 245 Å². The number of rotatable bonds is 8. The van der Waals surface area contributed by atoms with Gasteiger partial charge in [0.05, 0.1) is 38.8 Å². The monoisotopic (exact) mass is 575 g/mol. The van der Waals surface area contributed by atoms with Crippen LogP contribution < -0.4 is 0 Å². The number of piperidine rings is 1. The SMILES string of the molecule is COC(=O)[C@@H]1CC[C@H](C)[C@@H](c2ccc(C)cc2)N1C(=O)c1ccc(C=NO[C@H](C)c2cn([C@@H]3COC[C@@H]3O)nn2)cc1. The van der Waals surface area contributed by atoms with Crippen molar-refractivity contribution in [1.82, 2.24) is 19.9 Å². The lowest BCUT2D eigenvalue weighted by atomic mass is 9.82. The van der Waals surface area contributed by atoms with Crippen molar-refractivity contribution in [2.45, 2.75) is 63.9 Å². The summed E-state index contributed by atoms with van der Waals surface area (Å²) >= 11 is 0. The Hall–Kier alpha value is -4.09. The molecule has 5 rings (SSSR count). The van der Waals surface area contributed by atoms with E-state index in [9.17, 15) is 14.7 Å². The lowest BCUT2D eigenvalue weighted by molar-refractivity contribution is -0.149. The molecule has 0 spiro atoms. The molecule has 0 radical (unpaired) electrons. The summed E-state index contributed by atoms with van der Waals surface area (Å²) in [6.07, 6.45) is 3.54. The third kappa shape index (κ3) is 6.22. The molecular weight excluding hydrogens is 538 g/mol. The van der Waals surface area contributed by atoms with E-state index in [0.29, 0.717) is 24.3 Å². The molecule has 42 heavy (non-hydrogen) atoms. The average Bonchev–Trinajstić information content (AvgIpc) is 3.66. The third-order valence-corrected chi connectivity index (χ3v) is 8.08. The van der Waals surface area contributed by atoms with Crippen molar-refractivity contribution in [2.24, 2.45) is 11.1 Å². The van der Waals surface area contributed by atoms with E-state index in [0.717, 1.165) is 23.1 Å². The molecule has 6 atom stereocenters. The number of aliphatic hydroxyl groups excluding tert-OH is 1. The van der Waals surface area contributed by atoms with Gasteiger partial charge in [-0.2, -0.15) is 0 Å². The molecule has 2 aliphatic heterocycles. The molecule has 11 heteroatoms. The topological polar surface area (TPSA) is 128 Å². The number of carbonyl (C=O) groups excluding carboxylic acids is 2. The van der Waals surface area contributed by atoms with Crippen LogP contribution in [0.1, 0.15) is 77.6 Å². The average molecular weight is 576 g/mol. The summed E-state index contributed by atoms with van der Waals surface area (Å²) in [6, 6.07) is 14.0. The first-order valence-corrected chi connectivity index (χ1v) is 14.2. The number of ether oxygens (including phenoxy) is 2. The maximum absolute atomic E-state index is 13.9. The van der Waals surface area contributed by atoms with Gasteiger partial charge in [0.25, 0.3) is 5.91 Å². The number of aryl methyl sites for hydroxylation is 1. The Kier molecular flexibility index (Phi) is 8.98. The quantitative estimate of drug-likeness (QED) is 0.244. The summed E-state index contributed by atoms with van der Waals surface area (Å²) in [5.74, 6) is -0.465. The Morgan fingerprint density at radius 3 is 2.52 bits per heavy atom. The highest BCUT2D eigenvalue weighted by molar-refractivity contribution is 5.98. The van der Waals surface area contributed by atoms with Gasteiger partial charge < -0.3 is 24.3 Å². The van der Waals surface area contributed by atoms with Gasteiger partial charge in [0.15, 0.2) is 6.10 Å². The molecule has 2 aromatic carbocycles. The first kappa shape index (κ1) is 29.4. The van der Waals surface area contributed by atoms with Crippen LogP contribution in [-0.2, 0) is 19.1 Å². The highest BCUT2D eigenvalue weighted by Crippen LogP contribution is 2.40. The molecule has 2 aliphatic rings. The molecule has 222 valence electrons. The Morgan fingerprint density at radius 2 is 1.86 bits per heavy atom. The van der Waals surface area contributed by atoms with E-state index in [1.165, 1.54) is 7.11 Å². The van der Waals surface area contributed by atoms with Crippen LogP contribution in [0.25, 0.3) is 0 Å². The fraction of sp³-hybridized carbons (Fsp3) is 0.452. The molecule has 0 bridgehead atoms. The van der Waals surface area contributed by atoms with Gasteiger partial charge in [-0.25, -0.2) is 9.48 Å². The van der Waals surface area contributed by atoms with Crippen LogP contribution in [0.4, 0.5) is 0 Å². The summed E-state index contributed by atoms with van der Waals surface area (Å²) in [4.78, 5) is 34.0. The predicted octanol–water partition coefficient (Wildman–Crippen LogP) is 3.79. The maximum Gasteiger partial charge on any atom is 0.328 e. The Morgan fingerprint density at radius 1 is 1.12 bits per heavy atom. The van der Waals surface area contributed by atoms with Crippen LogP contribution in [-0.4, -0.2) is 75.6 Å². The molecule has 1 N–H and O–H groups in total. The summed E-state index contributed by atoms with van der Waals surface area (Å²) in [6.45, 7) is 6.59. The molecule has 0 unspecified atom stereocenters. The fourth-order valence-electron chi connectivity index (χ4n) is 5.59. The molecule has 0 aliphatic carbocycles. The van der Waals surface area contributed by atoms with Crippen molar-refractivity contribution in [3.05, 3.63) is 82.7 Å². The second kappa shape index (κ2) is 12.8. The van der Waals surface area contributed by atoms with E-state index >= 15 is 0 Å². The molecular formula is C31H37N5O6. The van der Waals surface area contributed by atoms with Crippen molar-refractivity contribution in [1.29, 1.82) is 0 Å². The fourth-order valence-corrected chi connectivity index (χ4v) is 5.59. The van der Waals surface area contributed by atoms with Crippen LogP contribution in [0, 0.1) is 12.8 Å². The van der Waals surface area contributed by atoms with Crippen LogP contribution in [0.15, 0.2) is 59.9 Å². The number of nitrogens with zero attached hydrogens (tertiary/aromatic N) is 5. The summed E-state index contributed by atoms with van der Waals surface area (Å²) < 4.78 is 12.0. The van der Waals surface area contributed by atoms with E-state index in [-0.39, 0.29) is 30.5 Å². The van der Waals surface area contributed by atoms with Crippen LogP contribution in [0.5, 0.6) is 0 Å². The van der Waals surface area contributed by atoms with Gasteiger partial charge in [-0.15, -0.1) is 5.10 Å². The first-order valence-electron chi connectivity index (χ1n) is 14.2. The lowest BCUT2D eigenvalue weighted by Gasteiger charge is -2.44. The van der Waals surface area contributed by atoms with Crippen LogP contribution in [0.2, 0.25) is 0 Å². The largest absolute Gasteiger partial charge is 0.467 e. The molecule has 3 heterocycles. The van der Waals surface area contributed by atoms with Gasteiger partial charge in [-0.3, -0.25) is 4.79 Å². The third-order valence-electron chi connectivity index (χ3n) is 8.08. The number of amides is 1. The number of methoxy groups -OCH3 is 1. The summed E-state index contributed by atoms with van der Waals surface area (Å²) in [7, 11) is 1.36. The van der Waals surface area contributed by atoms with Gasteiger partial charge in [0.1, 0.15) is 23.9 Å². The van der Waals surface area contributed by atoms with Crippen LogP contribution in [0.3, 0.4) is 0 Å². The second-order valence-electron chi connectivity index (χ2n) is 11.1. The van der Waals surface area contributed by atoms with Crippen molar-refractivity contribution in [3.8, 4) is 0 Å². The number of esters is 1. The number of carbonyl (C=O) groups is 2. The highest BCUT2D eigenvalue weighted by atomic mass is 16.6. The van der Waals surface area contributed by atoms with Gasteiger partial charge in [0.2, 0.25) is 0 Å². The number of oxime groups is 1. The van der Waals surface area contributed by atoms with Crippen molar-refractivity contribution in [2.75, 3.05) is 20.3 Å². The van der Waals surface area contributed by atoms with E-state index < -0.39 is 24.2 Å². The minimum atomic E-state index is -0.663. The molecule has 1 aromatic heterocycles. The van der Waals surface area contributed by atoms with E-state index in [1.54, 1.807) is 53.2 Å². The molecule has 3 aromatic rings. The minimum Gasteiger partial charge on any atom is -0.467 e. The van der Waals surface area contributed by atoms with Gasteiger partial charge >= 0.3 is 5.97 Å². The number of hydrogen-bond acceptors (Lipinski definition) is 9. The number of aliphatic hydroxyl groups is 1. The Balaban J connectivity index is 1.28. The van der Waals surface area contributed by atoms with Crippen molar-refractivity contribution < 1.29 is 29.0 Å². The van der Waals surface area contributed by atoms with Gasteiger partial charge in [0, 0.05) is 5.56 Å². The zero-order valence-corrected chi connectivity index (χ0v) is 24.3. The number of likely N-dealkylation sites (tertiary alicyclic amines) is 1. The minimum absolute atomic E-state index is 0.168. The van der Waals surface area contributed by atoms with Gasteiger partial charge in [-0.1, -0.05) is 59.3 Å². The summed E-state index contributed by atoms with van der Waals surface area (Å²) in [5, 5.41) is 22.3. The first-order chi connectivity index (χ1) is 20.3. The second-order valence-corrected chi connectivity index (χ2v) is 11.1. The molecule has 2 fully saturated rings.